The normalized spacial score (nSPS) is 10.1. The van der Waals surface area contributed by atoms with E-state index in [2.05, 4.69) is 10.6 Å². The minimum Gasteiger partial charge on any atom is -0.494 e. The smallest absolute Gasteiger partial charge is 0.123 e. The summed E-state index contributed by atoms with van der Waals surface area (Å²) >= 11 is 5.97. The summed E-state index contributed by atoms with van der Waals surface area (Å²) in [5, 5.41) is 15.7. The first-order valence-electron chi connectivity index (χ1n) is 6.21. The number of hydrogen-bond donors (Lipinski definition) is 3. The van der Waals surface area contributed by atoms with Gasteiger partial charge in [0, 0.05) is 36.8 Å². The van der Waals surface area contributed by atoms with Gasteiger partial charge in [-0.25, -0.2) is 0 Å². The fraction of sp³-hybridized carbons (Fsp3) is 0.538. The maximum atomic E-state index is 8.61. The molecular weight excluding hydrogens is 287 g/mol. The lowest BCUT2D eigenvalue weighted by Gasteiger charge is -2.11. The van der Waals surface area contributed by atoms with Gasteiger partial charge in [0.1, 0.15) is 5.75 Å². The molecule has 1 aromatic carbocycles. The van der Waals surface area contributed by atoms with Crippen LogP contribution in [0.3, 0.4) is 0 Å². The van der Waals surface area contributed by atoms with Crippen molar-refractivity contribution >= 4 is 24.0 Å². The Kier molecular flexibility index (Phi) is 11.0. The summed E-state index contributed by atoms with van der Waals surface area (Å²) in [6.45, 7) is 5.78. The van der Waals surface area contributed by atoms with Crippen molar-refractivity contribution in [2.45, 2.75) is 13.5 Å². The Labute approximate surface area is 125 Å². The highest BCUT2D eigenvalue weighted by Gasteiger charge is 2.03. The first-order chi connectivity index (χ1) is 8.77. The molecule has 1 rings (SSSR count). The second-order valence-corrected chi connectivity index (χ2v) is 4.27. The van der Waals surface area contributed by atoms with Crippen LogP contribution in [0.15, 0.2) is 18.2 Å². The molecule has 3 N–H and O–H groups in total. The molecule has 0 aromatic heterocycles. The molecule has 0 amide bonds. The van der Waals surface area contributed by atoms with Gasteiger partial charge in [-0.1, -0.05) is 11.6 Å². The molecule has 0 unspecified atom stereocenters. The molecule has 4 nitrogen and oxygen atoms in total. The zero-order valence-electron chi connectivity index (χ0n) is 11.1. The van der Waals surface area contributed by atoms with Crippen LogP contribution in [-0.2, 0) is 6.54 Å². The van der Waals surface area contributed by atoms with Crippen LogP contribution >= 0.6 is 24.0 Å². The summed E-state index contributed by atoms with van der Waals surface area (Å²) in [5.74, 6) is 0.873. The van der Waals surface area contributed by atoms with E-state index < -0.39 is 0 Å². The minimum atomic E-state index is 0. The van der Waals surface area contributed by atoms with E-state index >= 15 is 0 Å². The molecule has 0 fully saturated rings. The number of ether oxygens (including phenoxy) is 1. The highest BCUT2D eigenvalue weighted by atomic mass is 35.5. The number of nitrogens with one attached hydrogen (secondary N) is 2. The van der Waals surface area contributed by atoms with Gasteiger partial charge in [-0.15, -0.1) is 12.4 Å². The van der Waals surface area contributed by atoms with Crippen molar-refractivity contribution in [1.82, 2.24) is 10.6 Å². The Hall–Kier alpha value is -0.520. The third kappa shape index (κ3) is 7.60. The summed E-state index contributed by atoms with van der Waals surface area (Å²) in [5.41, 5.74) is 1.06. The molecule has 0 radical (unpaired) electrons. The van der Waals surface area contributed by atoms with Crippen molar-refractivity contribution in [3.8, 4) is 5.75 Å². The van der Waals surface area contributed by atoms with Gasteiger partial charge in [-0.3, -0.25) is 0 Å². The van der Waals surface area contributed by atoms with Crippen LogP contribution in [0.5, 0.6) is 5.75 Å². The zero-order valence-corrected chi connectivity index (χ0v) is 12.7. The summed E-state index contributed by atoms with van der Waals surface area (Å²) in [4.78, 5) is 0. The van der Waals surface area contributed by atoms with Crippen LogP contribution in [0.25, 0.3) is 0 Å². The summed E-state index contributed by atoms with van der Waals surface area (Å²) in [6, 6.07) is 5.65. The van der Waals surface area contributed by atoms with Gasteiger partial charge in [0.2, 0.25) is 0 Å². The first-order valence-corrected chi connectivity index (χ1v) is 6.59. The van der Waals surface area contributed by atoms with Crippen molar-refractivity contribution in [3.63, 3.8) is 0 Å². The number of aliphatic hydroxyl groups excluding tert-OH is 1. The molecule has 0 aliphatic rings. The molecule has 0 bridgehead atoms. The molecule has 0 atom stereocenters. The van der Waals surface area contributed by atoms with Gasteiger partial charge in [0.15, 0.2) is 0 Å². The third-order valence-corrected chi connectivity index (χ3v) is 2.64. The van der Waals surface area contributed by atoms with Crippen molar-refractivity contribution in [2.75, 3.05) is 32.8 Å². The Bertz CT molecular complexity index is 351. The number of benzene rings is 1. The summed E-state index contributed by atoms with van der Waals surface area (Å²) < 4.78 is 5.54. The fourth-order valence-electron chi connectivity index (χ4n) is 1.59. The van der Waals surface area contributed by atoms with Crippen LogP contribution in [0.4, 0.5) is 0 Å². The van der Waals surface area contributed by atoms with Gasteiger partial charge in [0.25, 0.3) is 0 Å². The molecule has 0 saturated heterocycles. The monoisotopic (exact) mass is 308 g/mol. The van der Waals surface area contributed by atoms with Crippen molar-refractivity contribution in [2.24, 2.45) is 0 Å². The van der Waals surface area contributed by atoms with E-state index in [0.717, 1.165) is 30.9 Å². The average molecular weight is 309 g/mol. The molecule has 0 aliphatic carbocycles. The lowest BCUT2D eigenvalue weighted by atomic mass is 10.2. The van der Waals surface area contributed by atoms with E-state index in [1.54, 1.807) is 0 Å². The molecule has 0 aliphatic heterocycles. The van der Waals surface area contributed by atoms with Gasteiger partial charge >= 0.3 is 0 Å². The maximum Gasteiger partial charge on any atom is 0.123 e. The standard InChI is InChI=1S/C13H21ClN2O2.ClH/c1-2-18-13-4-3-12(14)9-11(13)10-16-6-5-15-7-8-17;/h3-4,9,15-17H,2,5-8,10H2,1H3;1H. The number of hydrogen-bond acceptors (Lipinski definition) is 4. The van der Waals surface area contributed by atoms with Crippen LogP contribution in [0, 0.1) is 0 Å². The first kappa shape index (κ1) is 18.5. The average Bonchev–Trinajstić information content (AvgIpc) is 2.37. The lowest BCUT2D eigenvalue weighted by Crippen LogP contribution is -2.28. The third-order valence-electron chi connectivity index (χ3n) is 2.40. The SMILES string of the molecule is CCOc1ccc(Cl)cc1CNCCNCCO.Cl. The topological polar surface area (TPSA) is 53.5 Å². The molecule has 110 valence electrons. The second kappa shape index (κ2) is 11.3. The molecule has 0 heterocycles. The van der Waals surface area contributed by atoms with E-state index in [0.29, 0.717) is 18.2 Å². The highest BCUT2D eigenvalue weighted by Crippen LogP contribution is 2.22. The Balaban J connectivity index is 0.00000324. The van der Waals surface area contributed by atoms with Crippen molar-refractivity contribution in [1.29, 1.82) is 0 Å². The molecular formula is C13H22Cl2N2O2. The number of rotatable bonds is 9. The minimum absolute atomic E-state index is 0. The quantitative estimate of drug-likeness (QED) is 0.609. The van der Waals surface area contributed by atoms with E-state index in [9.17, 15) is 0 Å². The van der Waals surface area contributed by atoms with Gasteiger partial charge in [-0.05, 0) is 25.1 Å². The lowest BCUT2D eigenvalue weighted by molar-refractivity contribution is 0.292. The van der Waals surface area contributed by atoms with E-state index in [1.165, 1.54) is 0 Å². The molecule has 19 heavy (non-hydrogen) atoms. The Morgan fingerprint density at radius 1 is 1.21 bits per heavy atom. The highest BCUT2D eigenvalue weighted by molar-refractivity contribution is 6.30. The van der Waals surface area contributed by atoms with Gasteiger partial charge in [-0.2, -0.15) is 0 Å². The van der Waals surface area contributed by atoms with E-state index in [4.69, 9.17) is 21.4 Å². The number of halogens is 2. The molecule has 0 spiro atoms. The fourth-order valence-corrected chi connectivity index (χ4v) is 1.78. The van der Waals surface area contributed by atoms with E-state index in [1.807, 2.05) is 25.1 Å². The molecule has 6 heteroatoms. The van der Waals surface area contributed by atoms with Crippen LogP contribution in [0.1, 0.15) is 12.5 Å². The maximum absolute atomic E-state index is 8.61. The van der Waals surface area contributed by atoms with Crippen LogP contribution in [0.2, 0.25) is 5.02 Å². The van der Waals surface area contributed by atoms with Gasteiger partial charge < -0.3 is 20.5 Å². The molecule has 1 aromatic rings. The van der Waals surface area contributed by atoms with E-state index in [-0.39, 0.29) is 19.0 Å². The predicted octanol–water partition coefficient (Wildman–Crippen LogP) is 1.83. The van der Waals surface area contributed by atoms with Crippen LogP contribution in [-0.4, -0.2) is 38.0 Å². The summed E-state index contributed by atoms with van der Waals surface area (Å²) in [6.07, 6.45) is 0. The second-order valence-electron chi connectivity index (χ2n) is 3.84. The molecule has 0 saturated carbocycles. The Morgan fingerprint density at radius 2 is 1.95 bits per heavy atom. The zero-order chi connectivity index (χ0) is 13.2. The Morgan fingerprint density at radius 3 is 2.63 bits per heavy atom. The van der Waals surface area contributed by atoms with Crippen molar-refractivity contribution < 1.29 is 9.84 Å². The summed E-state index contributed by atoms with van der Waals surface area (Å²) in [7, 11) is 0. The van der Waals surface area contributed by atoms with Crippen molar-refractivity contribution in [3.05, 3.63) is 28.8 Å². The number of aliphatic hydroxyl groups is 1. The predicted molar refractivity (Wildman–Crippen MR) is 81.5 cm³/mol. The van der Waals surface area contributed by atoms with Gasteiger partial charge in [0.05, 0.1) is 13.2 Å². The largest absolute Gasteiger partial charge is 0.494 e. The van der Waals surface area contributed by atoms with Crippen LogP contribution < -0.4 is 15.4 Å².